The summed E-state index contributed by atoms with van der Waals surface area (Å²) in [5.74, 6) is -0.316. The van der Waals surface area contributed by atoms with Gasteiger partial charge in [-0.25, -0.2) is 4.79 Å². The maximum atomic E-state index is 12.9. The highest BCUT2D eigenvalue weighted by molar-refractivity contribution is 5.96. The molecule has 1 aromatic heterocycles. The number of hydrogen-bond acceptors (Lipinski definition) is 4. The van der Waals surface area contributed by atoms with Crippen molar-refractivity contribution in [2.24, 2.45) is 0 Å². The number of rotatable bonds is 2. The first kappa shape index (κ1) is 15.6. The van der Waals surface area contributed by atoms with E-state index >= 15 is 0 Å². The van der Waals surface area contributed by atoms with Gasteiger partial charge in [-0.1, -0.05) is 48.5 Å². The van der Waals surface area contributed by atoms with Crippen LogP contribution in [0.25, 0.3) is 11.0 Å². The van der Waals surface area contributed by atoms with Crippen molar-refractivity contribution in [3.63, 3.8) is 0 Å². The summed E-state index contributed by atoms with van der Waals surface area (Å²) in [6.07, 6.45) is -0.189. The summed E-state index contributed by atoms with van der Waals surface area (Å²) in [5.41, 5.74) is 0.956. The van der Waals surface area contributed by atoms with E-state index in [1.807, 2.05) is 42.5 Å². The molecule has 0 bridgehead atoms. The molecule has 1 amide bonds. The van der Waals surface area contributed by atoms with Crippen LogP contribution in [0, 0.1) is 0 Å². The first-order valence-electron chi connectivity index (χ1n) is 8.21. The van der Waals surface area contributed by atoms with Gasteiger partial charge in [0.2, 0.25) is 0 Å². The van der Waals surface area contributed by atoms with Gasteiger partial charge < -0.3 is 14.1 Å². The van der Waals surface area contributed by atoms with Crippen molar-refractivity contribution in [1.82, 2.24) is 4.90 Å². The molecule has 5 heteroatoms. The predicted molar refractivity (Wildman–Crippen MR) is 93.5 cm³/mol. The molecule has 0 spiro atoms. The molecule has 0 saturated carbocycles. The van der Waals surface area contributed by atoms with Crippen LogP contribution in [-0.2, 0) is 4.74 Å². The normalized spacial score (nSPS) is 17.6. The Morgan fingerprint density at radius 1 is 1.04 bits per heavy atom. The van der Waals surface area contributed by atoms with Crippen LogP contribution in [0.4, 0.5) is 0 Å². The summed E-state index contributed by atoms with van der Waals surface area (Å²) >= 11 is 0. The van der Waals surface area contributed by atoms with Crippen LogP contribution < -0.4 is 5.63 Å². The number of morpholine rings is 1. The minimum atomic E-state index is -0.605. The largest absolute Gasteiger partial charge is 0.422 e. The van der Waals surface area contributed by atoms with Gasteiger partial charge in [-0.3, -0.25) is 4.79 Å². The zero-order valence-corrected chi connectivity index (χ0v) is 13.6. The van der Waals surface area contributed by atoms with Crippen LogP contribution >= 0.6 is 0 Å². The van der Waals surface area contributed by atoms with E-state index in [4.69, 9.17) is 9.15 Å². The Labute approximate surface area is 144 Å². The van der Waals surface area contributed by atoms with Crippen molar-refractivity contribution in [2.45, 2.75) is 6.10 Å². The van der Waals surface area contributed by atoms with Crippen LogP contribution in [-0.4, -0.2) is 30.5 Å². The maximum absolute atomic E-state index is 12.9. The Morgan fingerprint density at radius 3 is 2.64 bits per heavy atom. The van der Waals surface area contributed by atoms with Gasteiger partial charge in [0, 0.05) is 11.9 Å². The topological polar surface area (TPSA) is 59.8 Å². The molecule has 1 atom stereocenters. The molecule has 1 saturated heterocycles. The third kappa shape index (κ3) is 3.06. The fourth-order valence-electron chi connectivity index (χ4n) is 3.08. The standard InChI is InChI=1S/C20H17NO4/c22-19(16-12-15-8-4-5-9-17(15)25-20(16)23)21-10-11-24-18(13-21)14-6-2-1-3-7-14/h1-9,12,18H,10-11,13H2/t18-/m1/s1. The lowest BCUT2D eigenvalue weighted by Gasteiger charge is -2.33. The Balaban J connectivity index is 1.62. The molecule has 0 unspecified atom stereocenters. The summed E-state index contributed by atoms with van der Waals surface area (Å²) < 4.78 is 11.1. The van der Waals surface area contributed by atoms with Gasteiger partial charge in [-0.2, -0.15) is 0 Å². The Bertz CT molecular complexity index is 964. The Kier molecular flexibility index (Phi) is 4.07. The van der Waals surface area contributed by atoms with Crippen molar-refractivity contribution in [3.8, 4) is 0 Å². The number of carbonyl (C=O) groups excluding carboxylic acids is 1. The first-order valence-corrected chi connectivity index (χ1v) is 8.21. The molecule has 126 valence electrons. The number of hydrogen-bond donors (Lipinski definition) is 0. The van der Waals surface area contributed by atoms with Gasteiger partial charge in [0.15, 0.2) is 0 Å². The van der Waals surface area contributed by atoms with Crippen LogP contribution in [0.15, 0.2) is 69.9 Å². The average molecular weight is 335 g/mol. The van der Waals surface area contributed by atoms with Crippen LogP contribution in [0.2, 0.25) is 0 Å². The summed E-state index contributed by atoms with van der Waals surface area (Å²) in [5, 5.41) is 0.735. The molecule has 0 aliphatic carbocycles. The molecule has 5 nitrogen and oxygen atoms in total. The number of amides is 1. The van der Waals surface area contributed by atoms with Crippen LogP contribution in [0.5, 0.6) is 0 Å². The van der Waals surface area contributed by atoms with Crippen molar-refractivity contribution in [1.29, 1.82) is 0 Å². The van der Waals surface area contributed by atoms with E-state index in [1.165, 1.54) is 0 Å². The number of ether oxygens (including phenoxy) is 1. The number of carbonyl (C=O) groups is 1. The second-order valence-electron chi connectivity index (χ2n) is 6.01. The highest BCUT2D eigenvalue weighted by Crippen LogP contribution is 2.23. The smallest absolute Gasteiger partial charge is 0.349 e. The molecule has 3 aromatic rings. The van der Waals surface area contributed by atoms with E-state index in [1.54, 1.807) is 23.1 Å². The summed E-state index contributed by atoms with van der Waals surface area (Å²) in [7, 11) is 0. The maximum Gasteiger partial charge on any atom is 0.349 e. The van der Waals surface area contributed by atoms with Crippen LogP contribution in [0.3, 0.4) is 0 Å². The van der Waals surface area contributed by atoms with E-state index in [9.17, 15) is 9.59 Å². The van der Waals surface area contributed by atoms with Crippen molar-refractivity contribution < 1.29 is 13.9 Å². The monoisotopic (exact) mass is 335 g/mol. The molecule has 1 aliphatic rings. The van der Waals surface area contributed by atoms with Crippen molar-refractivity contribution in [2.75, 3.05) is 19.7 Å². The summed E-state index contributed by atoms with van der Waals surface area (Å²) in [6.45, 7) is 1.30. The molecule has 25 heavy (non-hydrogen) atoms. The molecule has 0 radical (unpaired) electrons. The number of para-hydroxylation sites is 1. The van der Waals surface area contributed by atoms with E-state index in [0.29, 0.717) is 25.3 Å². The lowest BCUT2D eigenvalue weighted by atomic mass is 10.1. The van der Waals surface area contributed by atoms with E-state index in [2.05, 4.69) is 0 Å². The Hall–Kier alpha value is -2.92. The lowest BCUT2D eigenvalue weighted by Crippen LogP contribution is -2.43. The van der Waals surface area contributed by atoms with E-state index in [-0.39, 0.29) is 17.6 Å². The fraction of sp³-hybridized carbons (Fsp3) is 0.200. The predicted octanol–water partition coefficient (Wildman–Crippen LogP) is 3.01. The van der Waals surface area contributed by atoms with Crippen LogP contribution in [0.1, 0.15) is 22.0 Å². The average Bonchev–Trinajstić information content (AvgIpc) is 2.68. The molecule has 1 aliphatic heterocycles. The van der Waals surface area contributed by atoms with E-state index < -0.39 is 5.63 Å². The Morgan fingerprint density at radius 2 is 1.80 bits per heavy atom. The van der Waals surface area contributed by atoms with Gasteiger partial charge in [0.25, 0.3) is 5.91 Å². The van der Waals surface area contributed by atoms with Gasteiger partial charge in [0.1, 0.15) is 17.3 Å². The summed E-state index contributed by atoms with van der Waals surface area (Å²) in [6, 6.07) is 18.6. The molecule has 0 N–H and O–H groups in total. The minimum absolute atomic E-state index is 0.0624. The molecule has 2 heterocycles. The molecular formula is C20H17NO4. The van der Waals surface area contributed by atoms with E-state index in [0.717, 1.165) is 10.9 Å². The first-order chi connectivity index (χ1) is 12.2. The molecule has 1 fully saturated rings. The van der Waals surface area contributed by atoms with Gasteiger partial charge in [0.05, 0.1) is 13.2 Å². The van der Waals surface area contributed by atoms with Crippen molar-refractivity contribution in [3.05, 3.63) is 82.2 Å². The lowest BCUT2D eigenvalue weighted by molar-refractivity contribution is -0.0229. The van der Waals surface area contributed by atoms with Crippen molar-refractivity contribution >= 4 is 16.9 Å². The highest BCUT2D eigenvalue weighted by Gasteiger charge is 2.28. The molecule has 2 aromatic carbocycles. The molecular weight excluding hydrogens is 318 g/mol. The number of nitrogens with zero attached hydrogens (tertiary/aromatic N) is 1. The minimum Gasteiger partial charge on any atom is -0.422 e. The SMILES string of the molecule is O=C(c1cc2ccccc2oc1=O)N1CCO[C@@H](c2ccccc2)C1. The van der Waals surface area contributed by atoms with Gasteiger partial charge >= 0.3 is 5.63 Å². The zero-order valence-electron chi connectivity index (χ0n) is 13.6. The summed E-state index contributed by atoms with van der Waals surface area (Å²) in [4.78, 5) is 26.7. The van der Waals surface area contributed by atoms with Gasteiger partial charge in [-0.05, 0) is 17.7 Å². The fourth-order valence-corrected chi connectivity index (χ4v) is 3.08. The quantitative estimate of drug-likeness (QED) is 0.676. The third-order valence-corrected chi connectivity index (χ3v) is 4.40. The molecule has 4 rings (SSSR count). The zero-order chi connectivity index (χ0) is 17.2. The number of fused-ring (bicyclic) bond motifs is 1. The third-order valence-electron chi connectivity index (χ3n) is 4.40. The number of benzene rings is 2. The second kappa shape index (κ2) is 6.53. The second-order valence-corrected chi connectivity index (χ2v) is 6.01. The van der Waals surface area contributed by atoms with Gasteiger partial charge in [-0.15, -0.1) is 0 Å². The highest BCUT2D eigenvalue weighted by atomic mass is 16.5.